The minimum atomic E-state index is -0.361. The lowest BCUT2D eigenvalue weighted by atomic mass is 10.0. The smallest absolute Gasteiger partial charge is 0.336 e. The van der Waals surface area contributed by atoms with Crippen LogP contribution in [-0.4, -0.2) is 12.5 Å². The Morgan fingerprint density at radius 3 is 2.75 bits per heavy atom. The molecule has 4 aromatic rings. The molecule has 160 valence electrons. The van der Waals surface area contributed by atoms with E-state index in [1.165, 1.54) is 11.6 Å². The second-order valence-electron chi connectivity index (χ2n) is 8.24. The second kappa shape index (κ2) is 8.00. The molecule has 1 amide bonds. The van der Waals surface area contributed by atoms with Crippen LogP contribution < -0.4 is 15.8 Å². The monoisotopic (exact) mass is 424 g/mol. The van der Waals surface area contributed by atoms with E-state index in [4.69, 9.17) is 4.42 Å². The molecule has 0 spiro atoms. The third-order valence-corrected chi connectivity index (χ3v) is 6.24. The number of fused-ring (bicyclic) bond motifs is 2. The summed E-state index contributed by atoms with van der Waals surface area (Å²) in [5, 5.41) is 4.29. The molecule has 1 aromatic heterocycles. The number of amides is 1. The average Bonchev–Trinajstić information content (AvgIpc) is 3.24. The van der Waals surface area contributed by atoms with Crippen LogP contribution in [0.1, 0.15) is 32.6 Å². The zero-order chi connectivity index (χ0) is 22.2. The van der Waals surface area contributed by atoms with Crippen LogP contribution >= 0.6 is 0 Å². The summed E-state index contributed by atoms with van der Waals surface area (Å²) in [6.45, 7) is 5.11. The molecule has 5 heteroatoms. The van der Waals surface area contributed by atoms with Crippen molar-refractivity contribution >= 4 is 28.3 Å². The standard InChI is InChI=1S/C27H24N2O3/c1-17-10-11-23-21(15-25(30)32-26(23)18(17)2)16-28-22-8-5-7-20(14-22)27(31)29-13-12-19-6-3-4-9-24(19)29/h3-11,14-15,28H,12-13,16H2,1-2H3. The van der Waals surface area contributed by atoms with Crippen LogP contribution in [0, 0.1) is 13.8 Å². The molecule has 2 heterocycles. The van der Waals surface area contributed by atoms with E-state index in [9.17, 15) is 9.59 Å². The van der Waals surface area contributed by atoms with E-state index in [1.54, 1.807) is 0 Å². The van der Waals surface area contributed by atoms with Crippen molar-refractivity contribution in [3.63, 3.8) is 0 Å². The Morgan fingerprint density at radius 1 is 1.03 bits per heavy atom. The molecule has 3 aromatic carbocycles. The maximum atomic E-state index is 13.2. The third kappa shape index (κ3) is 3.56. The Morgan fingerprint density at radius 2 is 1.88 bits per heavy atom. The van der Waals surface area contributed by atoms with Crippen LogP contribution in [0.2, 0.25) is 0 Å². The van der Waals surface area contributed by atoms with E-state index < -0.39 is 0 Å². The molecule has 0 aliphatic carbocycles. The SMILES string of the molecule is Cc1ccc2c(CNc3cccc(C(=O)N4CCc5ccccc54)c3)cc(=O)oc2c1C. The Bertz CT molecular complexity index is 1400. The number of aryl methyl sites for hydroxylation is 2. The molecule has 1 N–H and O–H groups in total. The van der Waals surface area contributed by atoms with Gasteiger partial charge >= 0.3 is 5.63 Å². The van der Waals surface area contributed by atoms with Crippen LogP contribution in [0.3, 0.4) is 0 Å². The Balaban J connectivity index is 1.39. The largest absolute Gasteiger partial charge is 0.422 e. The number of benzene rings is 3. The molecule has 0 unspecified atom stereocenters. The van der Waals surface area contributed by atoms with Crippen molar-refractivity contribution in [2.75, 3.05) is 16.8 Å². The van der Waals surface area contributed by atoms with Crippen LogP contribution in [0.25, 0.3) is 11.0 Å². The molecular weight excluding hydrogens is 400 g/mol. The van der Waals surface area contributed by atoms with Gasteiger partial charge in [-0.15, -0.1) is 0 Å². The molecule has 0 atom stereocenters. The topological polar surface area (TPSA) is 62.6 Å². The van der Waals surface area contributed by atoms with Crippen LogP contribution in [0.4, 0.5) is 11.4 Å². The lowest BCUT2D eigenvalue weighted by Gasteiger charge is -2.18. The predicted molar refractivity (Wildman–Crippen MR) is 128 cm³/mol. The maximum Gasteiger partial charge on any atom is 0.336 e. The summed E-state index contributed by atoms with van der Waals surface area (Å²) in [6, 6.07) is 21.1. The summed E-state index contributed by atoms with van der Waals surface area (Å²) in [7, 11) is 0. The van der Waals surface area contributed by atoms with E-state index in [1.807, 2.05) is 73.3 Å². The van der Waals surface area contributed by atoms with Crippen molar-refractivity contribution in [3.8, 4) is 0 Å². The van der Waals surface area contributed by atoms with Gasteiger partial charge in [0, 0.05) is 41.5 Å². The highest BCUT2D eigenvalue weighted by atomic mass is 16.4. The molecule has 0 fully saturated rings. The molecule has 5 nitrogen and oxygen atoms in total. The number of hydrogen-bond donors (Lipinski definition) is 1. The van der Waals surface area contributed by atoms with E-state index >= 15 is 0 Å². The van der Waals surface area contributed by atoms with Gasteiger partial charge in [0.2, 0.25) is 0 Å². The molecule has 0 saturated heterocycles. The van der Waals surface area contributed by atoms with Crippen molar-refractivity contribution in [1.29, 1.82) is 0 Å². The molecule has 5 rings (SSSR count). The van der Waals surface area contributed by atoms with Crippen molar-refractivity contribution in [2.45, 2.75) is 26.8 Å². The van der Waals surface area contributed by atoms with Gasteiger partial charge in [-0.05, 0) is 66.8 Å². The predicted octanol–water partition coefficient (Wildman–Crippen LogP) is 5.22. The maximum absolute atomic E-state index is 13.2. The highest BCUT2D eigenvalue weighted by molar-refractivity contribution is 6.07. The fourth-order valence-electron chi connectivity index (χ4n) is 4.34. The number of para-hydroxylation sites is 1. The molecule has 32 heavy (non-hydrogen) atoms. The van der Waals surface area contributed by atoms with Crippen LogP contribution in [-0.2, 0) is 13.0 Å². The quantitative estimate of drug-likeness (QED) is 0.456. The molecule has 0 bridgehead atoms. The van der Waals surface area contributed by atoms with Crippen molar-refractivity contribution < 1.29 is 9.21 Å². The first-order valence-corrected chi connectivity index (χ1v) is 10.8. The lowest BCUT2D eigenvalue weighted by Crippen LogP contribution is -2.28. The Kier molecular flexibility index (Phi) is 5.02. The van der Waals surface area contributed by atoms with E-state index in [-0.39, 0.29) is 11.5 Å². The van der Waals surface area contributed by atoms with Crippen LogP contribution in [0.15, 0.2) is 75.9 Å². The molecule has 1 aliphatic rings. The number of rotatable bonds is 4. The van der Waals surface area contributed by atoms with Gasteiger partial charge in [-0.3, -0.25) is 4.79 Å². The molecule has 0 radical (unpaired) electrons. The van der Waals surface area contributed by atoms with Gasteiger partial charge in [0.1, 0.15) is 5.58 Å². The van der Waals surface area contributed by atoms with Crippen LogP contribution in [0.5, 0.6) is 0 Å². The van der Waals surface area contributed by atoms with Gasteiger partial charge in [-0.2, -0.15) is 0 Å². The van der Waals surface area contributed by atoms with E-state index in [0.717, 1.165) is 39.9 Å². The summed E-state index contributed by atoms with van der Waals surface area (Å²) in [5.41, 5.74) is 6.85. The van der Waals surface area contributed by atoms with Crippen molar-refractivity contribution in [1.82, 2.24) is 0 Å². The minimum absolute atomic E-state index is 0.00416. The zero-order valence-corrected chi connectivity index (χ0v) is 18.1. The summed E-state index contributed by atoms with van der Waals surface area (Å²) in [4.78, 5) is 27.1. The van der Waals surface area contributed by atoms with E-state index in [2.05, 4.69) is 11.4 Å². The first kappa shape index (κ1) is 20.1. The van der Waals surface area contributed by atoms with Gasteiger partial charge in [0.05, 0.1) is 0 Å². The third-order valence-electron chi connectivity index (χ3n) is 6.24. The number of carbonyl (C=O) groups is 1. The summed E-state index contributed by atoms with van der Waals surface area (Å²) >= 11 is 0. The summed E-state index contributed by atoms with van der Waals surface area (Å²) in [5.74, 6) is -0.00416. The Hall–Kier alpha value is -3.86. The average molecular weight is 425 g/mol. The Labute approximate surface area is 186 Å². The van der Waals surface area contributed by atoms with Crippen molar-refractivity contribution in [2.24, 2.45) is 0 Å². The highest BCUT2D eigenvalue weighted by Crippen LogP contribution is 2.29. The number of hydrogen-bond acceptors (Lipinski definition) is 4. The molecular formula is C27H24N2O3. The highest BCUT2D eigenvalue weighted by Gasteiger charge is 2.25. The fourth-order valence-corrected chi connectivity index (χ4v) is 4.34. The second-order valence-corrected chi connectivity index (χ2v) is 8.24. The van der Waals surface area contributed by atoms with Crippen molar-refractivity contribution in [3.05, 3.63) is 105 Å². The minimum Gasteiger partial charge on any atom is -0.422 e. The normalized spacial score (nSPS) is 12.8. The first-order valence-electron chi connectivity index (χ1n) is 10.8. The summed E-state index contributed by atoms with van der Waals surface area (Å²) in [6.07, 6.45) is 0.877. The van der Waals surface area contributed by atoms with Gasteiger partial charge < -0.3 is 14.6 Å². The van der Waals surface area contributed by atoms with Gasteiger partial charge in [-0.25, -0.2) is 4.79 Å². The van der Waals surface area contributed by atoms with Gasteiger partial charge in [-0.1, -0.05) is 36.4 Å². The van der Waals surface area contributed by atoms with Gasteiger partial charge in [0.15, 0.2) is 0 Å². The first-order chi connectivity index (χ1) is 15.5. The number of anilines is 2. The summed E-state index contributed by atoms with van der Waals surface area (Å²) < 4.78 is 5.47. The number of nitrogens with zero attached hydrogens (tertiary/aromatic N) is 1. The molecule has 1 aliphatic heterocycles. The number of nitrogens with one attached hydrogen (secondary N) is 1. The van der Waals surface area contributed by atoms with Gasteiger partial charge in [0.25, 0.3) is 5.91 Å². The number of carbonyl (C=O) groups excluding carboxylic acids is 1. The fraction of sp³-hybridized carbons (Fsp3) is 0.185. The molecule has 0 saturated carbocycles. The lowest BCUT2D eigenvalue weighted by molar-refractivity contribution is 0.0989. The zero-order valence-electron chi connectivity index (χ0n) is 18.1. The van der Waals surface area contributed by atoms with E-state index in [0.29, 0.717) is 24.2 Å².